The molecule has 0 aliphatic heterocycles. The summed E-state index contributed by atoms with van der Waals surface area (Å²) in [6.45, 7) is 0. The van der Waals surface area contributed by atoms with E-state index in [0.29, 0.717) is 10.6 Å². The minimum absolute atomic E-state index is 0.0838. The summed E-state index contributed by atoms with van der Waals surface area (Å²) in [5, 5.41) is 3.25. The molecular weight excluding hydrogens is 357 g/mol. The summed E-state index contributed by atoms with van der Waals surface area (Å²) < 4.78 is 58.4. The van der Waals surface area contributed by atoms with Crippen LogP contribution >= 0.6 is 0 Å². The van der Waals surface area contributed by atoms with E-state index in [0.717, 1.165) is 0 Å². The first-order valence-corrected chi connectivity index (χ1v) is 8.82. The number of benzene rings is 1. The zero-order valence-corrected chi connectivity index (χ0v) is 13.6. The van der Waals surface area contributed by atoms with Gasteiger partial charge in [0.2, 0.25) is 5.82 Å². The molecule has 0 aliphatic rings. The van der Waals surface area contributed by atoms with Crippen molar-refractivity contribution in [1.82, 2.24) is 15.1 Å². The number of aromatic nitrogens is 3. The number of hydrogen-bond donors (Lipinski definition) is 0. The zero-order chi connectivity index (χ0) is 18.1. The third-order valence-corrected chi connectivity index (χ3v) is 4.81. The van der Waals surface area contributed by atoms with Gasteiger partial charge in [-0.15, -0.1) is 0 Å². The van der Waals surface area contributed by atoms with Crippen LogP contribution in [0.15, 0.2) is 62.4 Å². The highest BCUT2D eigenvalue weighted by atomic mass is 32.2. The van der Waals surface area contributed by atoms with Crippen molar-refractivity contribution in [2.75, 3.05) is 6.26 Å². The van der Waals surface area contributed by atoms with Gasteiger partial charge in [-0.3, -0.25) is 4.98 Å². The maximum absolute atomic E-state index is 12.7. The van der Waals surface area contributed by atoms with Gasteiger partial charge in [0.1, 0.15) is 5.69 Å². The predicted octanol–water partition coefficient (Wildman–Crippen LogP) is 3.94. The lowest BCUT2D eigenvalue weighted by atomic mass is 10.3. The molecule has 0 bridgehead atoms. The predicted molar refractivity (Wildman–Crippen MR) is 83.4 cm³/mol. The van der Waals surface area contributed by atoms with E-state index in [1.807, 2.05) is 0 Å². The third kappa shape index (κ3) is 3.85. The molecule has 0 fully saturated rings. The van der Waals surface area contributed by atoms with Crippen molar-refractivity contribution < 1.29 is 21.9 Å². The highest BCUT2D eigenvalue weighted by Gasteiger charge is 2.38. The number of rotatable bonds is 3. The number of alkyl halides is 3. The number of nitrogens with zero attached hydrogens (tertiary/aromatic N) is 4. The average molecular weight is 368 g/mol. The van der Waals surface area contributed by atoms with E-state index in [-0.39, 0.29) is 11.5 Å². The highest BCUT2D eigenvalue weighted by molar-refractivity contribution is 7.93. The zero-order valence-electron chi connectivity index (χ0n) is 12.8. The molecule has 1 aromatic carbocycles. The van der Waals surface area contributed by atoms with Crippen molar-refractivity contribution in [3.8, 4) is 11.5 Å². The highest BCUT2D eigenvalue weighted by Crippen LogP contribution is 2.29. The maximum Gasteiger partial charge on any atom is 0.471 e. The first-order chi connectivity index (χ1) is 11.8. The molecule has 2 aromatic heterocycles. The van der Waals surface area contributed by atoms with E-state index in [1.165, 1.54) is 24.6 Å². The van der Waals surface area contributed by atoms with Gasteiger partial charge in [-0.25, -0.2) is 4.21 Å². The molecule has 0 aliphatic carbocycles. The smallest absolute Gasteiger partial charge is 0.329 e. The summed E-state index contributed by atoms with van der Waals surface area (Å²) in [5.74, 6) is -1.74. The fraction of sp³-hybridized carbons (Fsp3) is 0.133. The lowest BCUT2D eigenvalue weighted by Crippen LogP contribution is -2.04. The lowest BCUT2D eigenvalue weighted by molar-refractivity contribution is -0.159. The molecular formula is C15H11F3N4O2S. The molecule has 1 unspecified atom stereocenters. The first-order valence-electron chi connectivity index (χ1n) is 6.90. The van der Waals surface area contributed by atoms with Crippen molar-refractivity contribution in [2.45, 2.75) is 11.1 Å². The quantitative estimate of drug-likeness (QED) is 0.699. The van der Waals surface area contributed by atoms with Crippen molar-refractivity contribution in [1.29, 1.82) is 0 Å². The molecule has 3 rings (SSSR count). The van der Waals surface area contributed by atoms with Crippen LogP contribution in [0.1, 0.15) is 5.89 Å². The normalized spacial score (nSPS) is 14.1. The van der Waals surface area contributed by atoms with E-state index in [4.69, 9.17) is 0 Å². The van der Waals surface area contributed by atoms with Crippen LogP contribution in [0.4, 0.5) is 18.9 Å². The Hall–Kier alpha value is -2.75. The SMILES string of the molecule is CS(=O)(=Nc1ccc(-c2noc(C(F)(F)F)n2)nc1)c1ccccc1. The van der Waals surface area contributed by atoms with Crippen molar-refractivity contribution in [2.24, 2.45) is 4.36 Å². The second-order valence-electron chi connectivity index (χ2n) is 5.03. The Kier molecular flexibility index (Phi) is 4.29. The summed E-state index contributed by atoms with van der Waals surface area (Å²) in [6.07, 6.45) is -1.94. The fourth-order valence-corrected chi connectivity index (χ4v) is 3.22. The van der Waals surface area contributed by atoms with Crippen molar-refractivity contribution in [3.05, 3.63) is 54.6 Å². The van der Waals surface area contributed by atoms with Crippen molar-refractivity contribution in [3.63, 3.8) is 0 Å². The van der Waals surface area contributed by atoms with Gasteiger partial charge in [-0.05, 0) is 24.3 Å². The topological polar surface area (TPSA) is 81.2 Å². The largest absolute Gasteiger partial charge is 0.471 e. The van der Waals surface area contributed by atoms with E-state index in [9.17, 15) is 17.4 Å². The van der Waals surface area contributed by atoms with Crippen LogP contribution < -0.4 is 0 Å². The van der Waals surface area contributed by atoms with Crippen LogP contribution in [0.2, 0.25) is 0 Å². The van der Waals surface area contributed by atoms with E-state index >= 15 is 0 Å². The van der Waals surface area contributed by atoms with Gasteiger partial charge in [0.05, 0.1) is 21.6 Å². The Bertz CT molecular complexity index is 992. The summed E-state index contributed by atoms with van der Waals surface area (Å²) in [7, 11) is -2.67. The van der Waals surface area contributed by atoms with Gasteiger partial charge in [-0.1, -0.05) is 23.4 Å². The average Bonchev–Trinajstić information content (AvgIpc) is 3.06. The first kappa shape index (κ1) is 17.1. The molecule has 0 saturated carbocycles. The van der Waals surface area contributed by atoms with Crippen LogP contribution in [0.5, 0.6) is 0 Å². The Labute approximate surface area is 140 Å². The molecule has 130 valence electrons. The number of pyridine rings is 1. The fourth-order valence-electron chi connectivity index (χ4n) is 1.94. The molecule has 25 heavy (non-hydrogen) atoms. The van der Waals surface area contributed by atoms with Gasteiger partial charge in [-0.2, -0.15) is 22.5 Å². The third-order valence-electron chi connectivity index (χ3n) is 3.11. The molecule has 6 nitrogen and oxygen atoms in total. The minimum atomic E-state index is -4.72. The Morgan fingerprint density at radius 2 is 1.84 bits per heavy atom. The molecule has 10 heteroatoms. The van der Waals surface area contributed by atoms with Gasteiger partial charge >= 0.3 is 12.1 Å². The summed E-state index contributed by atoms with van der Waals surface area (Å²) in [5.41, 5.74) is 0.403. The summed E-state index contributed by atoms with van der Waals surface area (Å²) in [4.78, 5) is 7.76. The van der Waals surface area contributed by atoms with Gasteiger partial charge in [0.25, 0.3) is 0 Å². The minimum Gasteiger partial charge on any atom is -0.329 e. The second-order valence-corrected chi connectivity index (χ2v) is 7.29. The van der Waals surface area contributed by atoms with Crippen LogP contribution in [0.25, 0.3) is 11.5 Å². The molecule has 1 atom stereocenters. The molecule has 0 saturated heterocycles. The van der Waals surface area contributed by atoms with Crippen LogP contribution in [0, 0.1) is 0 Å². The molecule has 0 spiro atoms. The Morgan fingerprint density at radius 1 is 1.12 bits per heavy atom. The number of hydrogen-bond acceptors (Lipinski definition) is 6. The van der Waals surface area contributed by atoms with E-state index < -0.39 is 21.8 Å². The van der Waals surface area contributed by atoms with Crippen LogP contribution in [-0.2, 0) is 15.9 Å². The lowest BCUT2D eigenvalue weighted by Gasteiger charge is -2.04. The maximum atomic E-state index is 12.7. The molecule has 2 heterocycles. The number of halogens is 3. The van der Waals surface area contributed by atoms with Crippen LogP contribution in [0.3, 0.4) is 0 Å². The summed E-state index contributed by atoms with van der Waals surface area (Å²) >= 11 is 0. The molecule has 0 radical (unpaired) electrons. The Balaban J connectivity index is 1.89. The van der Waals surface area contributed by atoms with E-state index in [1.54, 1.807) is 30.3 Å². The monoisotopic (exact) mass is 368 g/mol. The molecule has 0 amide bonds. The second kappa shape index (κ2) is 6.28. The van der Waals surface area contributed by atoms with Gasteiger partial charge in [0, 0.05) is 11.2 Å². The van der Waals surface area contributed by atoms with E-state index in [2.05, 4.69) is 24.0 Å². The van der Waals surface area contributed by atoms with Gasteiger partial charge < -0.3 is 4.52 Å². The summed E-state index contributed by atoms with van der Waals surface area (Å²) in [6, 6.07) is 11.6. The standard InChI is InChI=1S/C15H11F3N4O2S/c1-25(23,11-5-3-2-4-6-11)22-10-7-8-12(19-9-10)13-20-14(24-21-13)15(16,17)18/h2-9H,1H3. The van der Waals surface area contributed by atoms with Crippen LogP contribution in [-0.4, -0.2) is 25.6 Å². The van der Waals surface area contributed by atoms with Gasteiger partial charge in [0.15, 0.2) is 0 Å². The van der Waals surface area contributed by atoms with Crippen molar-refractivity contribution >= 4 is 15.4 Å². The Morgan fingerprint density at radius 3 is 2.40 bits per heavy atom. The molecule has 3 aromatic rings. The molecule has 0 N–H and O–H groups in total.